The van der Waals surface area contributed by atoms with Gasteiger partial charge in [0.25, 0.3) is 0 Å². The number of hydrogen-bond donors (Lipinski definition) is 3. The van der Waals surface area contributed by atoms with Crippen molar-refractivity contribution in [3.8, 4) is 11.3 Å². The van der Waals surface area contributed by atoms with Gasteiger partial charge in [0, 0.05) is 37.4 Å². The number of amides is 1. The van der Waals surface area contributed by atoms with E-state index in [9.17, 15) is 13.6 Å². The molecule has 0 radical (unpaired) electrons. The highest BCUT2D eigenvalue weighted by atomic mass is 32.2. The summed E-state index contributed by atoms with van der Waals surface area (Å²) in [5.41, 5.74) is 3.71. The van der Waals surface area contributed by atoms with Crippen LogP contribution in [-0.2, 0) is 15.9 Å². The summed E-state index contributed by atoms with van der Waals surface area (Å²) in [5, 5.41) is 8.18. The fourth-order valence-electron chi connectivity index (χ4n) is 3.83. The third-order valence-corrected chi connectivity index (χ3v) is 6.36. The highest BCUT2D eigenvalue weighted by molar-refractivity contribution is 7.79. The van der Waals surface area contributed by atoms with Gasteiger partial charge in [-0.2, -0.15) is 0 Å². The molecule has 3 atom stereocenters. The van der Waals surface area contributed by atoms with Crippen LogP contribution in [0.4, 0.5) is 5.69 Å². The Morgan fingerprint density at radius 3 is 2.28 bits per heavy atom. The van der Waals surface area contributed by atoms with Crippen LogP contribution in [0.5, 0.6) is 0 Å². The Balaban J connectivity index is 1.68. The van der Waals surface area contributed by atoms with Crippen molar-refractivity contribution in [1.82, 2.24) is 10.4 Å². The lowest BCUT2D eigenvalue weighted by atomic mass is 9.93. The van der Waals surface area contributed by atoms with E-state index in [0.29, 0.717) is 26.2 Å². The fraction of sp³-hybridized carbons (Fsp3) is 0.450. The van der Waals surface area contributed by atoms with Gasteiger partial charge < -0.3 is 13.9 Å². The molecule has 8 nitrogen and oxygen atoms in total. The molecule has 0 saturated carbocycles. The molecule has 0 aliphatic carbocycles. The molecule has 1 fully saturated rings. The molecule has 3 N–H and O–H groups in total. The molecule has 1 aliphatic heterocycles. The lowest BCUT2D eigenvalue weighted by molar-refractivity contribution is -0.136. The molecule has 1 amide bonds. The maximum atomic E-state index is 12.1. The normalized spacial score (nSPS) is 18.4. The van der Waals surface area contributed by atoms with Crippen molar-refractivity contribution < 1.29 is 23.2 Å². The molecule has 29 heavy (non-hydrogen) atoms. The number of carbonyl (C=O) groups is 1. The zero-order valence-electron chi connectivity index (χ0n) is 16.5. The summed E-state index contributed by atoms with van der Waals surface area (Å²) in [4.78, 5) is 16.2. The number of nitrogens with zero attached hydrogens (tertiary/aromatic N) is 2. The average molecular weight is 422 g/mol. The van der Waals surface area contributed by atoms with Crippen LogP contribution >= 0.6 is 0 Å². The summed E-state index contributed by atoms with van der Waals surface area (Å²) < 4.78 is 27.3. The third-order valence-electron chi connectivity index (χ3n) is 5.36. The first-order valence-electron chi connectivity index (χ1n) is 9.59. The summed E-state index contributed by atoms with van der Waals surface area (Å²) in [6.45, 7) is 6.02. The van der Waals surface area contributed by atoms with E-state index in [2.05, 4.69) is 4.90 Å². The average Bonchev–Trinajstić information content (AvgIpc) is 3.26. The van der Waals surface area contributed by atoms with Crippen LogP contribution in [0.1, 0.15) is 13.8 Å². The summed E-state index contributed by atoms with van der Waals surface area (Å²) in [5.74, 6) is -0.805. The highest BCUT2D eigenvalue weighted by Gasteiger charge is 2.40. The van der Waals surface area contributed by atoms with E-state index < -0.39 is 28.3 Å². The van der Waals surface area contributed by atoms with Gasteiger partial charge in [0.2, 0.25) is 5.91 Å². The molecule has 0 bridgehead atoms. The minimum atomic E-state index is -2.22. The van der Waals surface area contributed by atoms with Crippen molar-refractivity contribution >= 4 is 22.7 Å². The van der Waals surface area contributed by atoms with E-state index in [4.69, 9.17) is 9.62 Å². The lowest BCUT2D eigenvalue weighted by Gasteiger charge is -2.41. The number of carbonyl (C=O) groups excluding carboxylic acids is 1. The second kappa shape index (κ2) is 9.53. The Bertz CT molecular complexity index is 817. The molecule has 2 aromatic rings. The van der Waals surface area contributed by atoms with Gasteiger partial charge in [0.15, 0.2) is 11.1 Å². The van der Waals surface area contributed by atoms with E-state index >= 15 is 0 Å². The Hall–Kier alpha value is -2.20. The van der Waals surface area contributed by atoms with Crippen LogP contribution in [0.2, 0.25) is 0 Å². The SMILES string of the molecule is CC(C)C(C(=O)NO)C(N1CCN(c2ccc(-c3ccco3)cc2)CC1)S(=O)O. The summed E-state index contributed by atoms with van der Waals surface area (Å²) >= 11 is -2.22. The molecule has 2 heterocycles. The molecular weight excluding hydrogens is 394 g/mol. The Kier molecular flexibility index (Phi) is 7.07. The molecule has 0 spiro atoms. The van der Waals surface area contributed by atoms with Crippen LogP contribution in [0, 0.1) is 11.8 Å². The van der Waals surface area contributed by atoms with Crippen molar-refractivity contribution in [3.63, 3.8) is 0 Å². The monoisotopic (exact) mass is 421 g/mol. The minimum absolute atomic E-state index is 0.199. The Morgan fingerprint density at radius 1 is 1.14 bits per heavy atom. The minimum Gasteiger partial charge on any atom is -0.464 e. The second-order valence-corrected chi connectivity index (χ2v) is 8.50. The Morgan fingerprint density at radius 2 is 1.79 bits per heavy atom. The number of piperazine rings is 1. The molecule has 3 rings (SSSR count). The van der Waals surface area contributed by atoms with Crippen LogP contribution in [0.3, 0.4) is 0 Å². The number of nitrogens with one attached hydrogen (secondary N) is 1. The number of benzene rings is 1. The molecule has 158 valence electrons. The van der Waals surface area contributed by atoms with Gasteiger partial charge in [0.1, 0.15) is 11.1 Å². The fourth-order valence-corrected chi connectivity index (χ4v) is 4.98. The largest absolute Gasteiger partial charge is 0.464 e. The van der Waals surface area contributed by atoms with Crippen LogP contribution in [-0.4, -0.2) is 56.3 Å². The Labute approximate surface area is 172 Å². The second-order valence-electron chi connectivity index (χ2n) is 7.46. The van der Waals surface area contributed by atoms with Crippen molar-refractivity contribution in [3.05, 3.63) is 42.7 Å². The van der Waals surface area contributed by atoms with Gasteiger partial charge in [0.05, 0.1) is 12.2 Å². The first-order chi connectivity index (χ1) is 13.9. The number of anilines is 1. The van der Waals surface area contributed by atoms with E-state index in [1.165, 1.54) is 0 Å². The standard InChI is InChI=1S/C20H27N3O5S/c1-14(2)18(19(24)21-25)20(29(26)27)23-11-9-22(10-12-23)16-7-5-15(6-8-16)17-4-3-13-28-17/h3-8,13-14,18,20,25H,9-12H2,1-2H3,(H,21,24)(H,26,27). The van der Waals surface area contributed by atoms with Crippen molar-refractivity contribution in [2.24, 2.45) is 11.8 Å². The van der Waals surface area contributed by atoms with Crippen molar-refractivity contribution in [2.75, 3.05) is 31.1 Å². The first kappa shape index (κ1) is 21.5. The molecular formula is C20H27N3O5S. The smallest absolute Gasteiger partial charge is 0.249 e. The number of hydroxylamine groups is 1. The lowest BCUT2D eigenvalue weighted by Crippen LogP contribution is -2.57. The number of rotatable bonds is 7. The molecule has 1 aromatic heterocycles. The van der Waals surface area contributed by atoms with E-state index in [-0.39, 0.29) is 5.92 Å². The predicted molar refractivity (Wildman–Crippen MR) is 111 cm³/mol. The van der Waals surface area contributed by atoms with E-state index in [1.54, 1.807) is 25.6 Å². The van der Waals surface area contributed by atoms with Gasteiger partial charge in [-0.3, -0.25) is 14.9 Å². The molecule has 9 heteroatoms. The van der Waals surface area contributed by atoms with Crippen molar-refractivity contribution in [2.45, 2.75) is 19.2 Å². The first-order valence-corrected chi connectivity index (χ1v) is 10.8. The number of furan rings is 1. The van der Waals surface area contributed by atoms with Crippen molar-refractivity contribution in [1.29, 1.82) is 0 Å². The summed E-state index contributed by atoms with van der Waals surface area (Å²) in [6.07, 6.45) is 1.64. The maximum Gasteiger partial charge on any atom is 0.249 e. The molecule has 1 aliphatic rings. The van der Waals surface area contributed by atoms with Crippen LogP contribution in [0.25, 0.3) is 11.3 Å². The van der Waals surface area contributed by atoms with Gasteiger partial charge >= 0.3 is 0 Å². The summed E-state index contributed by atoms with van der Waals surface area (Å²) in [7, 11) is 0. The van der Waals surface area contributed by atoms with E-state index in [0.717, 1.165) is 17.0 Å². The zero-order valence-corrected chi connectivity index (χ0v) is 17.3. The third kappa shape index (κ3) is 4.87. The number of hydrogen-bond acceptors (Lipinski definition) is 6. The zero-order chi connectivity index (χ0) is 21.0. The molecule has 3 unspecified atom stereocenters. The molecule has 1 saturated heterocycles. The van der Waals surface area contributed by atoms with Gasteiger partial charge in [-0.05, 0) is 42.3 Å². The van der Waals surface area contributed by atoms with Gasteiger partial charge in [-0.15, -0.1) is 0 Å². The predicted octanol–water partition coefficient (Wildman–Crippen LogP) is 2.39. The van der Waals surface area contributed by atoms with Crippen LogP contribution in [0.15, 0.2) is 47.1 Å². The summed E-state index contributed by atoms with van der Waals surface area (Å²) in [6, 6.07) is 11.8. The van der Waals surface area contributed by atoms with Gasteiger partial charge in [-0.25, -0.2) is 9.69 Å². The quantitative estimate of drug-likeness (QED) is 0.358. The van der Waals surface area contributed by atoms with E-state index in [1.807, 2.05) is 41.3 Å². The topological polar surface area (TPSA) is 106 Å². The maximum absolute atomic E-state index is 12.1. The molecule has 1 aromatic carbocycles. The van der Waals surface area contributed by atoms with Gasteiger partial charge in [-0.1, -0.05) is 13.8 Å². The highest BCUT2D eigenvalue weighted by Crippen LogP contribution is 2.27. The van der Waals surface area contributed by atoms with Crippen LogP contribution < -0.4 is 10.4 Å².